The van der Waals surface area contributed by atoms with Crippen LogP contribution in [0.25, 0.3) is 0 Å². The van der Waals surface area contributed by atoms with E-state index in [4.69, 9.17) is 0 Å². The number of aryl methyl sites for hydroxylation is 2. The minimum atomic E-state index is 0.260. The molecule has 0 aliphatic heterocycles. The van der Waals surface area contributed by atoms with Gasteiger partial charge in [-0.05, 0) is 84.2 Å². The Morgan fingerprint density at radius 1 is 0.444 bits per heavy atom. The lowest BCUT2D eigenvalue weighted by Crippen LogP contribution is -2.09. The molecule has 3 rings (SSSR count). The van der Waals surface area contributed by atoms with Crippen molar-refractivity contribution in [2.24, 2.45) is 0 Å². The van der Waals surface area contributed by atoms with Crippen molar-refractivity contribution in [1.29, 1.82) is 0 Å². The summed E-state index contributed by atoms with van der Waals surface area (Å²) in [6.07, 6.45) is 26.1. The number of aromatic hydroxyl groups is 1. The van der Waals surface area contributed by atoms with Gasteiger partial charge in [-0.1, -0.05) is 178 Å². The summed E-state index contributed by atoms with van der Waals surface area (Å²) in [5.74, 6) is 1.07. The van der Waals surface area contributed by atoms with Crippen molar-refractivity contribution in [2.45, 2.75) is 168 Å². The SMILES string of the molecule is CCCCCCCCCCc1ccccc1CC(C)c1cccc(O)c1C(C)Cc1ccccc1CCCCCCCCCC. The monoisotopic (exact) mass is 611 g/mol. The van der Waals surface area contributed by atoms with Gasteiger partial charge in [-0.2, -0.15) is 0 Å². The van der Waals surface area contributed by atoms with Crippen molar-refractivity contribution in [2.75, 3.05) is 0 Å². The fourth-order valence-electron chi connectivity index (χ4n) is 7.31. The van der Waals surface area contributed by atoms with Gasteiger partial charge in [-0.15, -0.1) is 0 Å². The highest BCUT2D eigenvalue weighted by Gasteiger charge is 2.21. The van der Waals surface area contributed by atoms with Crippen molar-refractivity contribution in [3.8, 4) is 5.75 Å². The summed E-state index contributed by atoms with van der Waals surface area (Å²) >= 11 is 0. The van der Waals surface area contributed by atoms with Crippen LogP contribution in [0.3, 0.4) is 0 Å². The molecule has 2 atom stereocenters. The van der Waals surface area contributed by atoms with Gasteiger partial charge in [0, 0.05) is 5.56 Å². The molecule has 0 fully saturated rings. The first-order chi connectivity index (χ1) is 22.0. The van der Waals surface area contributed by atoms with Gasteiger partial charge < -0.3 is 5.11 Å². The lowest BCUT2D eigenvalue weighted by atomic mass is 9.81. The quantitative estimate of drug-likeness (QED) is 0.100. The largest absolute Gasteiger partial charge is 0.508 e. The van der Waals surface area contributed by atoms with Crippen LogP contribution in [0.4, 0.5) is 0 Å². The predicted molar refractivity (Wildman–Crippen MR) is 198 cm³/mol. The molecule has 0 bridgehead atoms. The highest BCUT2D eigenvalue weighted by atomic mass is 16.3. The summed E-state index contributed by atoms with van der Waals surface area (Å²) in [7, 11) is 0. The average Bonchev–Trinajstić information content (AvgIpc) is 3.04. The number of hydrogen-bond acceptors (Lipinski definition) is 1. The van der Waals surface area contributed by atoms with E-state index in [-0.39, 0.29) is 5.92 Å². The van der Waals surface area contributed by atoms with Crippen LogP contribution in [0.5, 0.6) is 5.75 Å². The van der Waals surface area contributed by atoms with Gasteiger partial charge in [0.15, 0.2) is 0 Å². The third-order valence-electron chi connectivity index (χ3n) is 10.0. The summed E-state index contributed by atoms with van der Waals surface area (Å²) in [5, 5.41) is 11.2. The van der Waals surface area contributed by atoms with Gasteiger partial charge in [-0.3, -0.25) is 0 Å². The van der Waals surface area contributed by atoms with Crippen LogP contribution in [-0.4, -0.2) is 5.11 Å². The van der Waals surface area contributed by atoms with Gasteiger partial charge in [0.25, 0.3) is 0 Å². The highest BCUT2D eigenvalue weighted by molar-refractivity contribution is 5.45. The lowest BCUT2D eigenvalue weighted by Gasteiger charge is -2.24. The molecule has 0 spiro atoms. The zero-order chi connectivity index (χ0) is 32.1. The van der Waals surface area contributed by atoms with E-state index in [1.165, 1.54) is 137 Å². The molecule has 2 unspecified atom stereocenters. The maximum absolute atomic E-state index is 11.2. The molecule has 0 aromatic heterocycles. The van der Waals surface area contributed by atoms with Crippen LogP contribution in [0, 0.1) is 0 Å². The third-order valence-corrected chi connectivity index (χ3v) is 10.0. The van der Waals surface area contributed by atoms with Crippen LogP contribution < -0.4 is 0 Å². The first-order valence-corrected chi connectivity index (χ1v) is 19.0. The molecule has 3 aromatic carbocycles. The van der Waals surface area contributed by atoms with Crippen molar-refractivity contribution < 1.29 is 5.11 Å². The van der Waals surface area contributed by atoms with E-state index < -0.39 is 0 Å². The Morgan fingerprint density at radius 3 is 1.31 bits per heavy atom. The minimum absolute atomic E-state index is 0.260. The Kier molecular flexibility index (Phi) is 18.1. The molecule has 248 valence electrons. The zero-order valence-corrected chi connectivity index (χ0v) is 29.6. The Labute approximate surface area is 278 Å². The highest BCUT2D eigenvalue weighted by Crippen LogP contribution is 2.37. The van der Waals surface area contributed by atoms with Crippen molar-refractivity contribution in [3.63, 3.8) is 0 Å². The molecule has 3 aromatic rings. The molecule has 0 aliphatic rings. The Bertz CT molecular complexity index is 1190. The van der Waals surface area contributed by atoms with Gasteiger partial charge in [0.2, 0.25) is 0 Å². The molecule has 1 nitrogen and oxygen atoms in total. The second-order valence-electron chi connectivity index (χ2n) is 14.0. The molecule has 1 N–H and O–H groups in total. The van der Waals surface area contributed by atoms with Crippen LogP contribution in [0.15, 0.2) is 66.7 Å². The normalized spacial score (nSPS) is 12.8. The van der Waals surface area contributed by atoms with E-state index in [0.29, 0.717) is 11.7 Å². The average molecular weight is 611 g/mol. The summed E-state index contributed by atoms with van der Waals surface area (Å²) in [6, 6.07) is 24.3. The van der Waals surface area contributed by atoms with E-state index in [9.17, 15) is 5.11 Å². The van der Waals surface area contributed by atoms with Crippen molar-refractivity contribution >= 4 is 0 Å². The number of rotatable bonds is 24. The smallest absolute Gasteiger partial charge is 0.119 e. The van der Waals surface area contributed by atoms with Crippen LogP contribution in [0.1, 0.15) is 176 Å². The van der Waals surface area contributed by atoms with Crippen LogP contribution in [-0.2, 0) is 25.7 Å². The molecule has 0 amide bonds. The predicted octanol–water partition coefficient (Wildman–Crippen LogP) is 13.5. The van der Waals surface area contributed by atoms with Gasteiger partial charge >= 0.3 is 0 Å². The van der Waals surface area contributed by atoms with Crippen LogP contribution in [0.2, 0.25) is 0 Å². The molecule has 0 saturated heterocycles. The number of benzene rings is 3. The Balaban J connectivity index is 1.59. The van der Waals surface area contributed by atoms with Crippen molar-refractivity contribution in [3.05, 3.63) is 100 Å². The van der Waals surface area contributed by atoms with Gasteiger partial charge in [0.1, 0.15) is 5.75 Å². The topological polar surface area (TPSA) is 20.2 Å². The molecule has 45 heavy (non-hydrogen) atoms. The molecule has 0 aliphatic carbocycles. The number of phenolic OH excluding ortho intramolecular Hbond substituents is 1. The first kappa shape index (κ1) is 36.9. The Morgan fingerprint density at radius 2 is 0.844 bits per heavy atom. The van der Waals surface area contributed by atoms with E-state index in [2.05, 4.69) is 82.3 Å². The van der Waals surface area contributed by atoms with E-state index in [0.717, 1.165) is 24.8 Å². The minimum Gasteiger partial charge on any atom is -0.508 e. The number of hydrogen-bond donors (Lipinski definition) is 1. The van der Waals surface area contributed by atoms with Gasteiger partial charge in [-0.25, -0.2) is 0 Å². The summed E-state index contributed by atoms with van der Waals surface area (Å²) < 4.78 is 0. The lowest BCUT2D eigenvalue weighted by molar-refractivity contribution is 0.459. The molecular weight excluding hydrogens is 544 g/mol. The van der Waals surface area contributed by atoms with E-state index in [1.807, 2.05) is 12.1 Å². The maximum atomic E-state index is 11.2. The maximum Gasteiger partial charge on any atom is 0.119 e. The van der Waals surface area contributed by atoms with E-state index in [1.54, 1.807) is 0 Å². The summed E-state index contributed by atoms with van der Waals surface area (Å²) in [5.41, 5.74) is 8.39. The molecule has 0 heterocycles. The van der Waals surface area contributed by atoms with Crippen molar-refractivity contribution in [1.82, 2.24) is 0 Å². The standard InChI is InChI=1S/C44H66O/c1-5-7-9-11-13-15-17-19-26-38-28-21-23-30-40(38)34-36(3)42-32-25-33-43(45)44(42)37(4)35-41-31-24-22-29-39(41)27-20-18-16-14-12-10-8-6-2/h21-25,28-33,36-37,45H,5-20,26-27,34-35H2,1-4H3. The number of phenols is 1. The first-order valence-electron chi connectivity index (χ1n) is 19.0. The molecule has 1 heteroatoms. The fraction of sp³-hybridized carbons (Fsp3) is 0.591. The molecule has 0 saturated carbocycles. The van der Waals surface area contributed by atoms with Crippen LogP contribution >= 0.6 is 0 Å². The fourth-order valence-corrected chi connectivity index (χ4v) is 7.31. The second-order valence-corrected chi connectivity index (χ2v) is 14.0. The summed E-state index contributed by atoms with van der Waals surface area (Å²) in [4.78, 5) is 0. The van der Waals surface area contributed by atoms with E-state index >= 15 is 0 Å². The zero-order valence-electron chi connectivity index (χ0n) is 29.6. The summed E-state index contributed by atoms with van der Waals surface area (Å²) in [6.45, 7) is 9.25. The number of unbranched alkanes of at least 4 members (excludes halogenated alkanes) is 14. The van der Waals surface area contributed by atoms with Gasteiger partial charge in [0.05, 0.1) is 0 Å². The second kappa shape index (κ2) is 22.1. The molecule has 0 radical (unpaired) electrons. The molecular formula is C44H66O. The third kappa shape index (κ3) is 13.4. The Hall–Kier alpha value is -2.54.